The molecular weight excluding hydrogens is 246 g/mol. The molecular formula is C13H11N3O3. The number of carbonyl (C=O) groups excluding carboxylic acids is 2. The van der Waals surface area contributed by atoms with Gasteiger partial charge in [-0.3, -0.25) is 4.79 Å². The van der Waals surface area contributed by atoms with E-state index in [-0.39, 0.29) is 23.0 Å². The van der Waals surface area contributed by atoms with Crippen LogP contribution in [0.2, 0.25) is 0 Å². The number of benzene rings is 1. The highest BCUT2D eigenvalue weighted by molar-refractivity contribution is 6.08. The maximum Gasteiger partial charge on any atom is 0.360 e. The van der Waals surface area contributed by atoms with Crippen molar-refractivity contribution in [1.29, 1.82) is 0 Å². The van der Waals surface area contributed by atoms with E-state index < -0.39 is 5.97 Å². The molecule has 2 N–H and O–H groups in total. The maximum atomic E-state index is 12.1. The maximum absolute atomic E-state index is 12.1. The van der Waals surface area contributed by atoms with Gasteiger partial charge in [0.2, 0.25) is 5.78 Å². The van der Waals surface area contributed by atoms with Gasteiger partial charge in [0.25, 0.3) is 0 Å². The smallest absolute Gasteiger partial charge is 0.360 e. The number of esters is 1. The zero-order valence-electron chi connectivity index (χ0n) is 10.2. The van der Waals surface area contributed by atoms with Crippen LogP contribution < -0.4 is 5.73 Å². The van der Waals surface area contributed by atoms with Crippen LogP contribution in [0.4, 0.5) is 5.82 Å². The first-order chi connectivity index (χ1) is 9.13. The molecule has 1 aromatic heterocycles. The Morgan fingerprint density at radius 3 is 2.47 bits per heavy atom. The third kappa shape index (κ3) is 2.57. The van der Waals surface area contributed by atoms with E-state index in [1.807, 2.05) is 0 Å². The van der Waals surface area contributed by atoms with Crippen LogP contribution in [0.1, 0.15) is 26.5 Å². The van der Waals surface area contributed by atoms with Gasteiger partial charge in [0.15, 0.2) is 11.5 Å². The Balaban J connectivity index is 2.35. The number of ketones is 1. The lowest BCUT2D eigenvalue weighted by molar-refractivity contribution is 0.0594. The molecule has 0 bridgehead atoms. The van der Waals surface area contributed by atoms with Crippen molar-refractivity contribution < 1.29 is 14.3 Å². The van der Waals surface area contributed by atoms with Crippen molar-refractivity contribution >= 4 is 17.6 Å². The van der Waals surface area contributed by atoms with E-state index in [0.717, 1.165) is 0 Å². The number of nitrogen functional groups attached to an aromatic ring is 1. The van der Waals surface area contributed by atoms with E-state index in [9.17, 15) is 9.59 Å². The summed E-state index contributed by atoms with van der Waals surface area (Å²) in [4.78, 5) is 31.1. The second-order valence-corrected chi connectivity index (χ2v) is 3.68. The van der Waals surface area contributed by atoms with Gasteiger partial charge in [-0.15, -0.1) is 0 Å². The molecule has 0 unspecified atom stereocenters. The van der Waals surface area contributed by atoms with Gasteiger partial charge in [0, 0.05) is 5.56 Å². The summed E-state index contributed by atoms with van der Waals surface area (Å²) in [5.74, 6) is -1.13. The van der Waals surface area contributed by atoms with Crippen molar-refractivity contribution in [3.05, 3.63) is 53.5 Å². The standard InChI is InChI=1S/C13H11N3O3/c1-19-13(18)10-12(14)16-9(7-15-10)11(17)8-5-3-2-4-6-8/h2-7H,1H3,(H2,14,16). The Hall–Kier alpha value is -2.76. The minimum atomic E-state index is -0.691. The Labute approximate surface area is 109 Å². The summed E-state index contributed by atoms with van der Waals surface area (Å²) in [7, 11) is 1.21. The average Bonchev–Trinajstić information content (AvgIpc) is 2.46. The molecule has 0 radical (unpaired) electrons. The van der Waals surface area contributed by atoms with Crippen LogP contribution >= 0.6 is 0 Å². The minimum absolute atomic E-state index is 0.0800. The minimum Gasteiger partial charge on any atom is -0.464 e. The molecule has 0 amide bonds. The monoisotopic (exact) mass is 257 g/mol. The number of carbonyl (C=O) groups is 2. The first kappa shape index (κ1) is 12.7. The molecule has 0 atom stereocenters. The zero-order chi connectivity index (χ0) is 13.8. The van der Waals surface area contributed by atoms with Crippen LogP contribution in [-0.2, 0) is 4.74 Å². The lowest BCUT2D eigenvalue weighted by Crippen LogP contribution is -2.13. The Bertz CT molecular complexity index is 626. The van der Waals surface area contributed by atoms with E-state index in [4.69, 9.17) is 5.73 Å². The second kappa shape index (κ2) is 5.26. The highest BCUT2D eigenvalue weighted by Crippen LogP contribution is 2.11. The van der Waals surface area contributed by atoms with Gasteiger partial charge in [0.1, 0.15) is 5.69 Å². The fourth-order valence-electron chi connectivity index (χ4n) is 1.50. The Morgan fingerprint density at radius 2 is 1.89 bits per heavy atom. The molecule has 1 heterocycles. The first-order valence-corrected chi connectivity index (χ1v) is 5.44. The summed E-state index contributed by atoms with van der Waals surface area (Å²) in [6.45, 7) is 0. The summed E-state index contributed by atoms with van der Waals surface area (Å²) >= 11 is 0. The predicted octanol–water partition coefficient (Wildman–Crippen LogP) is 1.08. The number of ether oxygens (including phenoxy) is 1. The fourth-order valence-corrected chi connectivity index (χ4v) is 1.50. The number of rotatable bonds is 3. The first-order valence-electron chi connectivity index (χ1n) is 5.44. The largest absolute Gasteiger partial charge is 0.464 e. The van der Waals surface area contributed by atoms with Crippen LogP contribution in [0, 0.1) is 0 Å². The molecule has 96 valence electrons. The van der Waals surface area contributed by atoms with Crippen molar-refractivity contribution in [2.45, 2.75) is 0 Å². The fraction of sp³-hybridized carbons (Fsp3) is 0.0769. The molecule has 0 fully saturated rings. The Kier molecular flexibility index (Phi) is 3.51. The molecule has 0 saturated heterocycles. The van der Waals surface area contributed by atoms with E-state index in [2.05, 4.69) is 14.7 Å². The molecule has 0 aliphatic carbocycles. The lowest BCUT2D eigenvalue weighted by Gasteiger charge is -2.04. The van der Waals surface area contributed by atoms with E-state index >= 15 is 0 Å². The van der Waals surface area contributed by atoms with Crippen LogP contribution in [0.15, 0.2) is 36.5 Å². The SMILES string of the molecule is COC(=O)c1ncc(C(=O)c2ccccc2)nc1N. The van der Waals surface area contributed by atoms with Gasteiger partial charge in [-0.05, 0) is 0 Å². The van der Waals surface area contributed by atoms with E-state index in [1.165, 1.54) is 13.3 Å². The van der Waals surface area contributed by atoms with Crippen molar-refractivity contribution in [3.8, 4) is 0 Å². The number of hydrogen-bond acceptors (Lipinski definition) is 6. The van der Waals surface area contributed by atoms with Crippen LogP contribution in [-0.4, -0.2) is 28.8 Å². The molecule has 6 heteroatoms. The molecule has 1 aromatic carbocycles. The molecule has 0 aliphatic rings. The van der Waals surface area contributed by atoms with Gasteiger partial charge in [-0.25, -0.2) is 14.8 Å². The summed E-state index contributed by atoms with van der Waals surface area (Å²) in [6.07, 6.45) is 1.21. The van der Waals surface area contributed by atoms with Crippen molar-refractivity contribution in [2.75, 3.05) is 12.8 Å². The molecule has 2 aromatic rings. The van der Waals surface area contributed by atoms with Gasteiger partial charge in [0.05, 0.1) is 13.3 Å². The number of hydrogen-bond donors (Lipinski definition) is 1. The third-order valence-electron chi connectivity index (χ3n) is 2.45. The Morgan fingerprint density at radius 1 is 1.21 bits per heavy atom. The van der Waals surface area contributed by atoms with Crippen LogP contribution in [0.3, 0.4) is 0 Å². The number of nitrogens with zero attached hydrogens (tertiary/aromatic N) is 2. The third-order valence-corrected chi connectivity index (χ3v) is 2.45. The highest BCUT2D eigenvalue weighted by atomic mass is 16.5. The molecule has 0 saturated carbocycles. The zero-order valence-corrected chi connectivity index (χ0v) is 10.2. The summed E-state index contributed by atoms with van der Waals surface area (Å²) in [6, 6.07) is 8.61. The van der Waals surface area contributed by atoms with Crippen molar-refractivity contribution in [2.24, 2.45) is 0 Å². The molecule has 6 nitrogen and oxygen atoms in total. The lowest BCUT2D eigenvalue weighted by atomic mass is 10.1. The molecule has 2 rings (SSSR count). The number of aromatic nitrogens is 2. The molecule has 0 aliphatic heterocycles. The normalized spacial score (nSPS) is 9.95. The highest BCUT2D eigenvalue weighted by Gasteiger charge is 2.17. The number of anilines is 1. The molecule has 19 heavy (non-hydrogen) atoms. The summed E-state index contributed by atoms with van der Waals surface area (Å²) in [5.41, 5.74) is 6.04. The molecule has 0 spiro atoms. The van der Waals surface area contributed by atoms with Crippen LogP contribution in [0.5, 0.6) is 0 Å². The second-order valence-electron chi connectivity index (χ2n) is 3.68. The summed E-state index contributed by atoms with van der Waals surface area (Å²) in [5, 5.41) is 0. The van der Waals surface area contributed by atoms with Crippen LogP contribution in [0.25, 0.3) is 0 Å². The van der Waals surface area contributed by atoms with Gasteiger partial charge in [-0.2, -0.15) is 0 Å². The quantitative estimate of drug-likeness (QED) is 0.653. The average molecular weight is 257 g/mol. The van der Waals surface area contributed by atoms with Crippen molar-refractivity contribution in [3.63, 3.8) is 0 Å². The van der Waals surface area contributed by atoms with Gasteiger partial charge >= 0.3 is 5.97 Å². The van der Waals surface area contributed by atoms with E-state index in [1.54, 1.807) is 30.3 Å². The van der Waals surface area contributed by atoms with Gasteiger partial charge in [-0.1, -0.05) is 30.3 Å². The van der Waals surface area contributed by atoms with Crippen molar-refractivity contribution in [1.82, 2.24) is 9.97 Å². The number of nitrogens with two attached hydrogens (primary N) is 1. The summed E-state index contributed by atoms with van der Waals surface area (Å²) < 4.78 is 4.50. The van der Waals surface area contributed by atoms with Gasteiger partial charge < -0.3 is 10.5 Å². The predicted molar refractivity (Wildman–Crippen MR) is 67.7 cm³/mol. The topological polar surface area (TPSA) is 95.2 Å². The van der Waals surface area contributed by atoms with E-state index in [0.29, 0.717) is 5.56 Å². The number of methoxy groups -OCH3 is 1.